The minimum Gasteiger partial charge on any atom is -0.197 e. The SMILES string of the molecule is CCCCCCCCC(C)c1cccc2n[nH]nc12. The fraction of sp³-hybridized carbons (Fsp3) is 0.625. The number of hydrogen-bond donors (Lipinski definition) is 1. The Morgan fingerprint density at radius 3 is 2.68 bits per heavy atom. The summed E-state index contributed by atoms with van der Waals surface area (Å²) in [5.74, 6) is 0.569. The predicted octanol–water partition coefficient (Wildman–Crippen LogP) is 4.81. The van der Waals surface area contributed by atoms with Crippen molar-refractivity contribution >= 4 is 11.0 Å². The van der Waals surface area contributed by atoms with Crippen LogP contribution in [0.4, 0.5) is 0 Å². The van der Waals surface area contributed by atoms with E-state index in [-0.39, 0.29) is 0 Å². The predicted molar refractivity (Wildman–Crippen MR) is 80.3 cm³/mol. The number of aromatic nitrogens is 3. The molecular formula is C16H25N3. The van der Waals surface area contributed by atoms with E-state index in [0.29, 0.717) is 5.92 Å². The Balaban J connectivity index is 1.83. The molecule has 19 heavy (non-hydrogen) atoms. The molecule has 0 saturated carbocycles. The molecule has 1 N–H and O–H groups in total. The fourth-order valence-corrected chi connectivity index (χ4v) is 2.67. The summed E-state index contributed by atoms with van der Waals surface area (Å²) in [6.07, 6.45) is 9.41. The first-order valence-electron chi connectivity index (χ1n) is 7.62. The van der Waals surface area contributed by atoms with Gasteiger partial charge in [0.05, 0.1) is 0 Å². The summed E-state index contributed by atoms with van der Waals surface area (Å²) in [6, 6.07) is 6.28. The number of H-pyrrole nitrogens is 1. The first kappa shape index (κ1) is 14.0. The van der Waals surface area contributed by atoms with Crippen molar-refractivity contribution in [3.63, 3.8) is 0 Å². The highest BCUT2D eigenvalue weighted by Gasteiger charge is 2.11. The van der Waals surface area contributed by atoms with Crippen molar-refractivity contribution in [1.29, 1.82) is 0 Å². The van der Waals surface area contributed by atoms with Gasteiger partial charge in [0.1, 0.15) is 11.0 Å². The first-order valence-corrected chi connectivity index (χ1v) is 7.62. The lowest BCUT2D eigenvalue weighted by Crippen LogP contribution is -1.95. The van der Waals surface area contributed by atoms with Gasteiger partial charge in [-0.3, -0.25) is 0 Å². The molecule has 2 aromatic rings. The summed E-state index contributed by atoms with van der Waals surface area (Å²) in [5, 5.41) is 11.2. The average molecular weight is 259 g/mol. The van der Waals surface area contributed by atoms with Crippen LogP contribution in [0.2, 0.25) is 0 Å². The molecule has 0 aliphatic rings. The van der Waals surface area contributed by atoms with Crippen LogP contribution in [0.3, 0.4) is 0 Å². The Bertz CT molecular complexity index is 489. The van der Waals surface area contributed by atoms with Crippen LogP contribution in [0.15, 0.2) is 18.2 Å². The fourth-order valence-electron chi connectivity index (χ4n) is 2.67. The van der Waals surface area contributed by atoms with E-state index in [0.717, 1.165) is 11.0 Å². The van der Waals surface area contributed by atoms with Crippen LogP contribution >= 0.6 is 0 Å². The highest BCUT2D eigenvalue weighted by atomic mass is 15.3. The number of para-hydroxylation sites is 1. The molecule has 0 amide bonds. The monoisotopic (exact) mass is 259 g/mol. The number of nitrogens with zero attached hydrogens (tertiary/aromatic N) is 2. The van der Waals surface area contributed by atoms with E-state index in [1.807, 2.05) is 6.07 Å². The highest BCUT2D eigenvalue weighted by molar-refractivity contribution is 5.77. The maximum atomic E-state index is 4.27. The lowest BCUT2D eigenvalue weighted by atomic mass is 9.93. The lowest BCUT2D eigenvalue weighted by molar-refractivity contribution is 0.558. The van der Waals surface area contributed by atoms with E-state index in [1.165, 1.54) is 50.5 Å². The van der Waals surface area contributed by atoms with E-state index in [9.17, 15) is 0 Å². The number of fused-ring (bicyclic) bond motifs is 1. The Kier molecular flexibility index (Phi) is 5.37. The molecule has 1 unspecified atom stereocenters. The molecule has 3 nitrogen and oxygen atoms in total. The topological polar surface area (TPSA) is 41.6 Å². The third-order valence-electron chi connectivity index (χ3n) is 3.90. The molecule has 0 radical (unpaired) electrons. The Morgan fingerprint density at radius 1 is 1.05 bits per heavy atom. The summed E-state index contributed by atoms with van der Waals surface area (Å²) < 4.78 is 0. The number of rotatable bonds is 8. The summed E-state index contributed by atoms with van der Waals surface area (Å²) in [7, 11) is 0. The molecule has 0 spiro atoms. The molecule has 1 atom stereocenters. The van der Waals surface area contributed by atoms with Crippen LogP contribution in [0.1, 0.15) is 70.3 Å². The van der Waals surface area contributed by atoms with Crippen molar-refractivity contribution in [3.05, 3.63) is 23.8 Å². The van der Waals surface area contributed by atoms with E-state index in [1.54, 1.807) is 0 Å². The molecule has 0 bridgehead atoms. The smallest absolute Gasteiger partial charge is 0.116 e. The minimum absolute atomic E-state index is 0.569. The maximum Gasteiger partial charge on any atom is 0.116 e. The van der Waals surface area contributed by atoms with E-state index < -0.39 is 0 Å². The van der Waals surface area contributed by atoms with Crippen LogP contribution in [0, 0.1) is 0 Å². The minimum atomic E-state index is 0.569. The van der Waals surface area contributed by atoms with Gasteiger partial charge in [-0.25, -0.2) is 0 Å². The second-order valence-corrected chi connectivity index (χ2v) is 5.50. The lowest BCUT2D eigenvalue weighted by Gasteiger charge is -2.11. The summed E-state index contributed by atoms with van der Waals surface area (Å²) >= 11 is 0. The molecule has 1 heterocycles. The first-order chi connectivity index (χ1) is 9.33. The van der Waals surface area contributed by atoms with Crippen LogP contribution in [-0.4, -0.2) is 15.4 Å². The summed E-state index contributed by atoms with van der Waals surface area (Å²) in [4.78, 5) is 0. The van der Waals surface area contributed by atoms with Crippen molar-refractivity contribution in [1.82, 2.24) is 15.4 Å². The van der Waals surface area contributed by atoms with Gasteiger partial charge in [0, 0.05) is 0 Å². The second-order valence-electron chi connectivity index (χ2n) is 5.50. The average Bonchev–Trinajstić information content (AvgIpc) is 2.90. The number of aromatic amines is 1. The van der Waals surface area contributed by atoms with Crippen LogP contribution in [-0.2, 0) is 0 Å². The molecule has 0 saturated heterocycles. The molecule has 0 aliphatic heterocycles. The maximum absolute atomic E-state index is 4.27. The van der Waals surface area contributed by atoms with Crippen molar-refractivity contribution < 1.29 is 0 Å². The van der Waals surface area contributed by atoms with Crippen LogP contribution in [0.25, 0.3) is 11.0 Å². The van der Waals surface area contributed by atoms with E-state index in [2.05, 4.69) is 41.4 Å². The number of benzene rings is 1. The van der Waals surface area contributed by atoms with Crippen LogP contribution in [0.5, 0.6) is 0 Å². The quantitative estimate of drug-likeness (QED) is 0.691. The van der Waals surface area contributed by atoms with Gasteiger partial charge in [-0.2, -0.15) is 15.4 Å². The van der Waals surface area contributed by atoms with Gasteiger partial charge in [-0.1, -0.05) is 64.5 Å². The molecule has 104 valence electrons. The van der Waals surface area contributed by atoms with E-state index in [4.69, 9.17) is 0 Å². The highest BCUT2D eigenvalue weighted by Crippen LogP contribution is 2.27. The van der Waals surface area contributed by atoms with Crippen molar-refractivity contribution in [3.8, 4) is 0 Å². The molecule has 1 aromatic carbocycles. The van der Waals surface area contributed by atoms with Crippen molar-refractivity contribution in [2.45, 2.75) is 64.7 Å². The van der Waals surface area contributed by atoms with Gasteiger partial charge in [0.15, 0.2) is 0 Å². The Hall–Kier alpha value is -1.38. The molecule has 0 fully saturated rings. The number of unbranched alkanes of at least 4 members (excludes halogenated alkanes) is 5. The van der Waals surface area contributed by atoms with Gasteiger partial charge >= 0.3 is 0 Å². The van der Waals surface area contributed by atoms with E-state index >= 15 is 0 Å². The normalized spacial score (nSPS) is 12.9. The zero-order valence-corrected chi connectivity index (χ0v) is 12.2. The van der Waals surface area contributed by atoms with Gasteiger partial charge < -0.3 is 0 Å². The number of hydrogen-bond acceptors (Lipinski definition) is 2. The third-order valence-corrected chi connectivity index (χ3v) is 3.90. The van der Waals surface area contributed by atoms with Gasteiger partial charge in [0.2, 0.25) is 0 Å². The largest absolute Gasteiger partial charge is 0.197 e. The standard InChI is InChI=1S/C16H25N3/c1-3-4-5-6-7-8-10-13(2)14-11-9-12-15-16(14)18-19-17-15/h9,11-13H,3-8,10H2,1-2H3,(H,17,18,19). The summed E-state index contributed by atoms with van der Waals surface area (Å²) in [5.41, 5.74) is 3.35. The van der Waals surface area contributed by atoms with Gasteiger partial charge in [-0.15, -0.1) is 0 Å². The van der Waals surface area contributed by atoms with Gasteiger partial charge in [-0.05, 0) is 24.0 Å². The Labute approximate surface area is 115 Å². The molecule has 0 aliphatic carbocycles. The molecule has 1 aromatic heterocycles. The molecule has 3 heteroatoms. The van der Waals surface area contributed by atoms with Crippen molar-refractivity contribution in [2.75, 3.05) is 0 Å². The Morgan fingerprint density at radius 2 is 1.84 bits per heavy atom. The van der Waals surface area contributed by atoms with Gasteiger partial charge in [0.25, 0.3) is 0 Å². The zero-order valence-electron chi connectivity index (χ0n) is 12.2. The molecular weight excluding hydrogens is 234 g/mol. The second kappa shape index (κ2) is 7.27. The zero-order chi connectivity index (χ0) is 13.5. The molecule has 2 rings (SSSR count). The summed E-state index contributed by atoms with van der Waals surface area (Å²) in [6.45, 7) is 4.57. The number of nitrogens with one attached hydrogen (secondary N) is 1. The van der Waals surface area contributed by atoms with Crippen molar-refractivity contribution in [2.24, 2.45) is 0 Å². The van der Waals surface area contributed by atoms with Crippen LogP contribution < -0.4 is 0 Å². The third kappa shape index (κ3) is 3.79.